The molecule has 0 rings (SSSR count). The summed E-state index contributed by atoms with van der Waals surface area (Å²) in [7, 11) is 0. The number of carbonyl (C=O) groups is 5. The van der Waals surface area contributed by atoms with E-state index >= 15 is 0 Å². The van der Waals surface area contributed by atoms with Gasteiger partial charge in [0, 0.05) is 19.3 Å². The molecule has 23 heavy (non-hydrogen) atoms. The quantitative estimate of drug-likeness (QED) is 0.775. The summed E-state index contributed by atoms with van der Waals surface area (Å²) in [5.74, 6) is 1.10. The maximum atomic E-state index is 9.81. The maximum Gasteiger partial charge on any atom is 0.129 e. The van der Waals surface area contributed by atoms with Gasteiger partial charge in [-0.1, -0.05) is 20.8 Å². The highest BCUT2D eigenvalue weighted by Gasteiger charge is 1.77. The molecule has 0 aromatic heterocycles. The minimum atomic E-state index is 0.167. The lowest BCUT2D eigenvalue weighted by molar-refractivity contribution is -0.117. The van der Waals surface area contributed by atoms with E-state index in [0.717, 1.165) is 0 Å². The van der Waals surface area contributed by atoms with E-state index in [1.54, 1.807) is 20.8 Å². The van der Waals surface area contributed by atoms with E-state index in [9.17, 15) is 24.0 Å². The molecule has 138 valence electrons. The molecule has 0 aromatic carbocycles. The van der Waals surface area contributed by atoms with Gasteiger partial charge in [0.15, 0.2) is 0 Å². The van der Waals surface area contributed by atoms with Crippen molar-refractivity contribution in [3.8, 4) is 0 Å². The van der Waals surface area contributed by atoms with Gasteiger partial charge in [-0.05, 0) is 48.5 Å². The molecule has 0 atom stereocenters. The molecule has 0 aliphatic heterocycles. The molecule has 0 unspecified atom stereocenters. The van der Waals surface area contributed by atoms with Crippen molar-refractivity contribution in [1.29, 1.82) is 0 Å². The van der Waals surface area contributed by atoms with Gasteiger partial charge in [-0.3, -0.25) is 0 Å². The Bertz CT molecular complexity index is 277. The predicted molar refractivity (Wildman–Crippen MR) is 95.6 cm³/mol. The largest absolute Gasteiger partial charge is 0.300 e. The summed E-state index contributed by atoms with van der Waals surface area (Å²) in [6.45, 7) is 16.4. The molecule has 5 nitrogen and oxygen atoms in total. The Morgan fingerprint density at radius 2 is 0.478 bits per heavy atom. The van der Waals surface area contributed by atoms with Gasteiger partial charge in [0.05, 0.1) is 0 Å². The SMILES string of the molecule is CC(C)=O.CC(C)=O.CCC(C)=O.CCC(C)=O.CCC(C)=O. The number of rotatable bonds is 3. The van der Waals surface area contributed by atoms with Gasteiger partial charge in [0.1, 0.15) is 28.9 Å². The highest BCUT2D eigenvalue weighted by molar-refractivity contribution is 5.75. The zero-order valence-electron chi connectivity index (χ0n) is 16.7. The lowest BCUT2D eigenvalue weighted by Gasteiger charge is -1.71. The van der Waals surface area contributed by atoms with Crippen LogP contribution in [0.15, 0.2) is 0 Å². The zero-order valence-corrected chi connectivity index (χ0v) is 16.7. The third kappa shape index (κ3) is 362. The number of ketones is 5. The number of hydrogen-bond donors (Lipinski definition) is 0. The van der Waals surface area contributed by atoms with Gasteiger partial charge in [-0.2, -0.15) is 0 Å². The van der Waals surface area contributed by atoms with Crippen LogP contribution in [0.5, 0.6) is 0 Å². The molecule has 0 amide bonds. The van der Waals surface area contributed by atoms with E-state index in [1.165, 1.54) is 27.7 Å². The van der Waals surface area contributed by atoms with Crippen LogP contribution in [0, 0.1) is 0 Å². The Hall–Kier alpha value is -1.65. The van der Waals surface area contributed by atoms with E-state index < -0.39 is 0 Å². The first-order chi connectivity index (χ1) is 10.3. The van der Waals surface area contributed by atoms with Crippen molar-refractivity contribution in [3.63, 3.8) is 0 Å². The Labute approximate surface area is 142 Å². The third-order valence-corrected chi connectivity index (χ3v) is 1.49. The fourth-order valence-corrected chi connectivity index (χ4v) is 0. The summed E-state index contributed by atoms with van der Waals surface area (Å²) >= 11 is 0. The second-order valence-corrected chi connectivity index (χ2v) is 4.98. The van der Waals surface area contributed by atoms with E-state index in [4.69, 9.17) is 0 Å². The Morgan fingerprint density at radius 1 is 0.435 bits per heavy atom. The summed E-state index contributed by atoms with van der Waals surface area (Å²) in [4.78, 5) is 48.3. The van der Waals surface area contributed by atoms with Crippen molar-refractivity contribution in [1.82, 2.24) is 0 Å². The molecule has 0 N–H and O–H groups in total. The molecule has 0 radical (unpaired) electrons. The summed E-state index contributed by atoms with van der Waals surface area (Å²) < 4.78 is 0. The molecule has 0 aromatic rings. The van der Waals surface area contributed by atoms with Crippen LogP contribution >= 0.6 is 0 Å². The lowest BCUT2D eigenvalue weighted by Crippen LogP contribution is -1.80. The van der Waals surface area contributed by atoms with Crippen molar-refractivity contribution in [3.05, 3.63) is 0 Å². The maximum absolute atomic E-state index is 9.81. The molecule has 0 saturated carbocycles. The second kappa shape index (κ2) is 28.5. The fourth-order valence-electron chi connectivity index (χ4n) is 0. The van der Waals surface area contributed by atoms with Crippen molar-refractivity contribution in [2.75, 3.05) is 0 Å². The fraction of sp³-hybridized carbons (Fsp3) is 0.722. The summed E-state index contributed by atoms with van der Waals surface area (Å²) in [6, 6.07) is 0. The standard InChI is InChI=1S/3C4H8O.2C3H6O/c3*1-3-4(2)5;2*1-3(2)4/h3*3H2,1-2H3;2*1-2H3. The van der Waals surface area contributed by atoms with Crippen LogP contribution in [0.1, 0.15) is 88.5 Å². The summed E-state index contributed by atoms with van der Waals surface area (Å²) in [5, 5.41) is 0. The van der Waals surface area contributed by atoms with E-state index in [-0.39, 0.29) is 28.9 Å². The van der Waals surface area contributed by atoms with E-state index in [0.29, 0.717) is 19.3 Å². The molecule has 0 bridgehead atoms. The van der Waals surface area contributed by atoms with Crippen LogP contribution in [0.3, 0.4) is 0 Å². The number of hydrogen-bond acceptors (Lipinski definition) is 5. The van der Waals surface area contributed by atoms with Crippen LogP contribution in [-0.2, 0) is 24.0 Å². The average molecular weight is 332 g/mol. The van der Waals surface area contributed by atoms with Gasteiger partial charge < -0.3 is 24.0 Å². The molecular weight excluding hydrogens is 296 g/mol. The third-order valence-electron chi connectivity index (χ3n) is 1.49. The van der Waals surface area contributed by atoms with Crippen molar-refractivity contribution in [2.45, 2.75) is 88.5 Å². The molecule has 0 aliphatic carbocycles. The van der Waals surface area contributed by atoms with Crippen molar-refractivity contribution < 1.29 is 24.0 Å². The lowest BCUT2D eigenvalue weighted by atomic mass is 10.4. The number of Topliss-reactive ketones (excluding diaryl/α,β-unsaturated/α-hetero) is 5. The van der Waals surface area contributed by atoms with Crippen LogP contribution in [0.2, 0.25) is 0 Å². The van der Waals surface area contributed by atoms with Crippen LogP contribution in [0.25, 0.3) is 0 Å². The zero-order chi connectivity index (χ0) is 20.0. The molecule has 5 heteroatoms. The van der Waals surface area contributed by atoms with Crippen molar-refractivity contribution >= 4 is 28.9 Å². The topological polar surface area (TPSA) is 85.3 Å². The van der Waals surface area contributed by atoms with E-state index in [2.05, 4.69) is 0 Å². The molecule has 0 heterocycles. The highest BCUT2D eigenvalue weighted by Crippen LogP contribution is 1.72. The smallest absolute Gasteiger partial charge is 0.129 e. The van der Waals surface area contributed by atoms with Gasteiger partial charge in [0.2, 0.25) is 0 Å². The molecule has 0 fully saturated rings. The molecule has 0 saturated heterocycles. The van der Waals surface area contributed by atoms with Crippen LogP contribution < -0.4 is 0 Å². The first-order valence-electron chi connectivity index (χ1n) is 7.70. The first kappa shape index (κ1) is 33.1. The second-order valence-electron chi connectivity index (χ2n) is 4.98. The van der Waals surface area contributed by atoms with Gasteiger partial charge >= 0.3 is 0 Å². The molecule has 0 spiro atoms. The Morgan fingerprint density at radius 3 is 0.478 bits per heavy atom. The average Bonchev–Trinajstić information content (AvgIpc) is 2.38. The monoisotopic (exact) mass is 332 g/mol. The minimum Gasteiger partial charge on any atom is -0.300 e. The molecular formula is C18H36O5. The number of carbonyl (C=O) groups excluding carboxylic acids is 5. The van der Waals surface area contributed by atoms with Crippen molar-refractivity contribution in [2.24, 2.45) is 0 Å². The Balaban J connectivity index is -0.0000000589. The van der Waals surface area contributed by atoms with Gasteiger partial charge in [0.25, 0.3) is 0 Å². The first-order valence-corrected chi connectivity index (χ1v) is 7.70. The van der Waals surface area contributed by atoms with Gasteiger partial charge in [-0.25, -0.2) is 0 Å². The Kier molecular flexibility index (Phi) is 41.0. The summed E-state index contributed by atoms with van der Waals surface area (Å²) in [5.41, 5.74) is 0. The highest BCUT2D eigenvalue weighted by atomic mass is 16.1. The van der Waals surface area contributed by atoms with E-state index in [1.807, 2.05) is 20.8 Å². The summed E-state index contributed by atoms with van der Waals surface area (Å²) in [6.07, 6.45) is 2.00. The van der Waals surface area contributed by atoms with Crippen LogP contribution in [-0.4, -0.2) is 28.9 Å². The molecule has 0 aliphatic rings. The normalized spacial score (nSPS) is 7.22. The minimum absolute atomic E-state index is 0.167. The van der Waals surface area contributed by atoms with Crippen LogP contribution in [0.4, 0.5) is 0 Å². The van der Waals surface area contributed by atoms with Gasteiger partial charge in [-0.15, -0.1) is 0 Å². The predicted octanol–water partition coefficient (Wildman–Crippen LogP) is 4.15.